The second kappa shape index (κ2) is 6.56. The van der Waals surface area contributed by atoms with Crippen LogP contribution < -0.4 is 5.32 Å². The third kappa shape index (κ3) is 3.42. The Kier molecular flexibility index (Phi) is 5.23. The first kappa shape index (κ1) is 15.9. The Labute approximate surface area is 126 Å². The van der Waals surface area contributed by atoms with Gasteiger partial charge in [-0.3, -0.25) is 0 Å². The highest BCUT2D eigenvalue weighted by molar-refractivity contribution is 7.89. The van der Waals surface area contributed by atoms with Gasteiger partial charge in [0.1, 0.15) is 0 Å². The van der Waals surface area contributed by atoms with E-state index in [-0.39, 0.29) is 6.04 Å². The smallest absolute Gasteiger partial charge is 0.244 e. The second-order valence-electron chi connectivity index (χ2n) is 5.26. The monoisotopic (exact) mass is 316 g/mol. The molecular formula is C14H24N2O2S2. The van der Waals surface area contributed by atoms with E-state index in [4.69, 9.17) is 0 Å². The summed E-state index contributed by atoms with van der Waals surface area (Å²) < 4.78 is 27.4. The van der Waals surface area contributed by atoms with Gasteiger partial charge in [0, 0.05) is 28.9 Å². The number of nitrogens with zero attached hydrogens (tertiary/aromatic N) is 1. The SMILES string of the molecule is CCCN(C1CC1)S(=O)(=O)c1cc(CNCC)sc1C. The van der Waals surface area contributed by atoms with Crippen molar-refractivity contribution in [1.82, 2.24) is 9.62 Å². The van der Waals surface area contributed by atoms with Gasteiger partial charge in [0.15, 0.2) is 0 Å². The maximum atomic E-state index is 12.8. The van der Waals surface area contributed by atoms with Crippen LogP contribution in [0.25, 0.3) is 0 Å². The first-order valence-corrected chi connectivity index (χ1v) is 9.58. The van der Waals surface area contributed by atoms with Crippen LogP contribution in [0.2, 0.25) is 0 Å². The fourth-order valence-corrected chi connectivity index (χ4v) is 5.68. The van der Waals surface area contributed by atoms with Crippen LogP contribution in [0.1, 0.15) is 42.9 Å². The van der Waals surface area contributed by atoms with Gasteiger partial charge in [0.05, 0.1) is 4.90 Å². The Bertz CT molecular complexity index is 548. The van der Waals surface area contributed by atoms with Crippen molar-refractivity contribution in [3.8, 4) is 0 Å². The summed E-state index contributed by atoms with van der Waals surface area (Å²) in [6.45, 7) is 8.25. The predicted octanol–water partition coefficient (Wildman–Crippen LogP) is 2.73. The molecule has 1 saturated carbocycles. The van der Waals surface area contributed by atoms with E-state index in [1.165, 1.54) is 0 Å². The Morgan fingerprint density at radius 3 is 2.65 bits per heavy atom. The molecule has 20 heavy (non-hydrogen) atoms. The van der Waals surface area contributed by atoms with Crippen molar-refractivity contribution in [3.05, 3.63) is 15.8 Å². The predicted molar refractivity (Wildman–Crippen MR) is 83.6 cm³/mol. The zero-order valence-corrected chi connectivity index (χ0v) is 14.1. The summed E-state index contributed by atoms with van der Waals surface area (Å²) in [7, 11) is -3.32. The Hall–Kier alpha value is -0.430. The molecule has 1 aliphatic carbocycles. The minimum absolute atomic E-state index is 0.233. The molecule has 0 saturated heterocycles. The van der Waals surface area contributed by atoms with Crippen molar-refractivity contribution < 1.29 is 8.42 Å². The van der Waals surface area contributed by atoms with Gasteiger partial charge in [-0.1, -0.05) is 13.8 Å². The molecule has 4 nitrogen and oxygen atoms in total. The first-order valence-electron chi connectivity index (χ1n) is 7.32. The van der Waals surface area contributed by atoms with Crippen molar-refractivity contribution in [3.63, 3.8) is 0 Å². The van der Waals surface area contributed by atoms with Crippen LogP contribution in [0, 0.1) is 6.92 Å². The van der Waals surface area contributed by atoms with Gasteiger partial charge in [-0.05, 0) is 38.8 Å². The molecule has 1 aliphatic rings. The lowest BCUT2D eigenvalue weighted by Gasteiger charge is -2.21. The summed E-state index contributed by atoms with van der Waals surface area (Å²) in [5, 5.41) is 3.25. The van der Waals surface area contributed by atoms with E-state index in [0.717, 1.165) is 42.1 Å². The normalized spacial score (nSPS) is 16.0. The Morgan fingerprint density at radius 1 is 1.40 bits per heavy atom. The van der Waals surface area contributed by atoms with Gasteiger partial charge in [-0.25, -0.2) is 8.42 Å². The molecule has 1 fully saturated rings. The minimum Gasteiger partial charge on any atom is -0.312 e. The molecule has 0 amide bonds. The molecule has 0 aromatic carbocycles. The van der Waals surface area contributed by atoms with Crippen LogP contribution in [0.4, 0.5) is 0 Å². The molecule has 0 aliphatic heterocycles. The minimum atomic E-state index is -3.32. The zero-order valence-electron chi connectivity index (χ0n) is 12.5. The number of hydrogen-bond acceptors (Lipinski definition) is 4. The summed E-state index contributed by atoms with van der Waals surface area (Å²) in [6.07, 6.45) is 2.88. The van der Waals surface area contributed by atoms with Crippen LogP contribution in [0.5, 0.6) is 0 Å². The average Bonchev–Trinajstić information content (AvgIpc) is 3.16. The molecule has 1 aromatic rings. The van der Waals surface area contributed by atoms with Crippen molar-refractivity contribution in [2.24, 2.45) is 0 Å². The molecule has 1 aromatic heterocycles. The Morgan fingerprint density at radius 2 is 2.10 bits per heavy atom. The highest BCUT2D eigenvalue weighted by atomic mass is 32.2. The summed E-state index contributed by atoms with van der Waals surface area (Å²) in [4.78, 5) is 2.51. The standard InChI is InChI=1S/C14H24N2O2S2/c1-4-8-16(12-6-7-12)20(17,18)14-9-13(10-15-5-2)19-11(14)3/h9,12,15H,4-8,10H2,1-3H3. The molecule has 0 bridgehead atoms. The fourth-order valence-electron chi connectivity index (χ4n) is 2.32. The van der Waals surface area contributed by atoms with Gasteiger partial charge in [-0.2, -0.15) is 4.31 Å². The van der Waals surface area contributed by atoms with Crippen LogP contribution in [-0.2, 0) is 16.6 Å². The van der Waals surface area contributed by atoms with Crippen molar-refractivity contribution in [1.29, 1.82) is 0 Å². The van der Waals surface area contributed by atoms with Gasteiger partial charge >= 0.3 is 0 Å². The number of aryl methyl sites for hydroxylation is 1. The number of rotatable bonds is 8. The van der Waals surface area contributed by atoms with Crippen LogP contribution >= 0.6 is 11.3 Å². The largest absolute Gasteiger partial charge is 0.312 e. The second-order valence-corrected chi connectivity index (χ2v) is 8.46. The van der Waals surface area contributed by atoms with Crippen molar-refractivity contribution in [2.45, 2.75) is 57.5 Å². The third-order valence-corrected chi connectivity index (χ3v) is 6.71. The summed E-state index contributed by atoms with van der Waals surface area (Å²) in [6, 6.07) is 2.08. The van der Waals surface area contributed by atoms with Gasteiger partial charge in [-0.15, -0.1) is 11.3 Å². The third-order valence-electron chi connectivity index (χ3n) is 3.46. The lowest BCUT2D eigenvalue weighted by Crippen LogP contribution is -2.33. The van der Waals surface area contributed by atoms with Gasteiger partial charge in [0.2, 0.25) is 10.0 Å². The lowest BCUT2D eigenvalue weighted by atomic mass is 10.4. The fraction of sp³-hybridized carbons (Fsp3) is 0.714. The number of thiophene rings is 1. The zero-order chi connectivity index (χ0) is 14.8. The van der Waals surface area contributed by atoms with Crippen LogP contribution in [-0.4, -0.2) is 31.9 Å². The summed E-state index contributed by atoms with van der Waals surface area (Å²) >= 11 is 1.58. The average molecular weight is 316 g/mol. The molecule has 1 N–H and O–H groups in total. The van der Waals surface area contributed by atoms with Gasteiger partial charge < -0.3 is 5.32 Å². The number of sulfonamides is 1. The quantitative estimate of drug-likeness (QED) is 0.802. The lowest BCUT2D eigenvalue weighted by molar-refractivity contribution is 0.403. The molecule has 6 heteroatoms. The number of hydrogen-bond donors (Lipinski definition) is 1. The molecule has 2 rings (SSSR count). The summed E-state index contributed by atoms with van der Waals surface area (Å²) in [5.41, 5.74) is 0. The number of nitrogens with one attached hydrogen (secondary N) is 1. The molecule has 0 unspecified atom stereocenters. The molecule has 0 spiro atoms. The molecule has 114 valence electrons. The van der Waals surface area contributed by atoms with E-state index < -0.39 is 10.0 Å². The van der Waals surface area contributed by atoms with E-state index in [0.29, 0.717) is 11.4 Å². The van der Waals surface area contributed by atoms with E-state index >= 15 is 0 Å². The maximum Gasteiger partial charge on any atom is 0.244 e. The topological polar surface area (TPSA) is 49.4 Å². The van der Waals surface area contributed by atoms with E-state index in [9.17, 15) is 8.42 Å². The Balaban J connectivity index is 2.25. The summed E-state index contributed by atoms with van der Waals surface area (Å²) in [5.74, 6) is 0. The van der Waals surface area contributed by atoms with E-state index in [2.05, 4.69) is 5.32 Å². The van der Waals surface area contributed by atoms with E-state index in [1.807, 2.05) is 26.8 Å². The maximum absolute atomic E-state index is 12.8. The molecule has 0 atom stereocenters. The molecule has 0 radical (unpaired) electrons. The van der Waals surface area contributed by atoms with Crippen molar-refractivity contribution in [2.75, 3.05) is 13.1 Å². The van der Waals surface area contributed by atoms with Crippen LogP contribution in [0.15, 0.2) is 11.0 Å². The molecule has 1 heterocycles. The van der Waals surface area contributed by atoms with Gasteiger partial charge in [0.25, 0.3) is 0 Å². The molecular weight excluding hydrogens is 292 g/mol. The van der Waals surface area contributed by atoms with Crippen LogP contribution in [0.3, 0.4) is 0 Å². The highest BCUT2D eigenvalue weighted by Gasteiger charge is 2.38. The van der Waals surface area contributed by atoms with Crippen molar-refractivity contribution >= 4 is 21.4 Å². The highest BCUT2D eigenvalue weighted by Crippen LogP contribution is 2.35. The van der Waals surface area contributed by atoms with E-state index in [1.54, 1.807) is 15.6 Å². The first-order chi connectivity index (χ1) is 9.50.